The summed E-state index contributed by atoms with van der Waals surface area (Å²) in [4.78, 5) is 288. The minimum absolute atomic E-state index is 0.0273. The summed E-state index contributed by atoms with van der Waals surface area (Å²) in [6, 6.07) is -1.83. The van der Waals surface area contributed by atoms with Crippen LogP contribution >= 0.6 is 0 Å². The molecule has 0 aliphatic carbocycles. The number of nitrogens with two attached hydrogens (primary N) is 3. The molecule has 0 spiro atoms. The lowest BCUT2D eigenvalue weighted by molar-refractivity contribution is -0.143. The highest BCUT2D eigenvalue weighted by atomic mass is 16.4. The van der Waals surface area contributed by atoms with E-state index >= 15 is 0 Å². The Morgan fingerprint density at radius 1 is 0.278 bits per heavy atom. The highest BCUT2D eigenvalue weighted by Gasteiger charge is 2.43. The number of aromatic nitrogens is 4. The van der Waals surface area contributed by atoms with E-state index in [1.54, 1.807) is 97.1 Å². The molecule has 0 saturated carbocycles. The molecule has 0 aliphatic heterocycles. The van der Waals surface area contributed by atoms with Crippen molar-refractivity contribution in [1.29, 1.82) is 0 Å². The van der Waals surface area contributed by atoms with Crippen LogP contribution in [-0.4, -0.2) is 319 Å². The van der Waals surface area contributed by atoms with Gasteiger partial charge in [-0.05, 0) is 127 Å². The summed E-state index contributed by atoms with van der Waals surface area (Å²) >= 11 is 0. The molecule has 4 aromatic heterocycles. The fourth-order valence-corrected chi connectivity index (χ4v) is 15.6. The maximum absolute atomic E-state index is 15.0. The van der Waals surface area contributed by atoms with E-state index in [2.05, 4.69) is 99.7 Å². The summed E-state index contributed by atoms with van der Waals surface area (Å²) in [6.07, 6.45) is -9.89. The van der Waals surface area contributed by atoms with Gasteiger partial charge in [0.25, 0.3) is 0 Å². The number of nitrogens with one attached hydrogen (secondary N) is 19. The number of para-hydroxylation sites is 4. The van der Waals surface area contributed by atoms with E-state index in [-0.39, 0.29) is 38.6 Å². The number of aromatic amines is 4. The molecule has 0 bridgehead atoms. The molecule has 20 atom stereocenters. The highest BCUT2D eigenvalue weighted by Crippen LogP contribution is 2.26. The average Bonchev–Trinajstić information content (AvgIpc) is 1.64. The third kappa shape index (κ3) is 32.9. The second-order valence-electron chi connectivity index (χ2n) is 34.7. The molecule has 0 unspecified atom stereocenters. The number of aliphatic hydroxyl groups excluding tert-OH is 5. The molecule has 34 N–H and O–H groups in total. The minimum Gasteiger partial charge on any atom is -0.481 e. The predicted octanol–water partition coefficient (Wildman–Crippen LogP) is -6.67. The van der Waals surface area contributed by atoms with Crippen LogP contribution in [0.2, 0.25) is 0 Å². The van der Waals surface area contributed by atoms with E-state index in [9.17, 15) is 142 Å². The number of amides is 16. The molecule has 8 rings (SSSR count). The van der Waals surface area contributed by atoms with E-state index in [0.29, 0.717) is 65.9 Å². The number of carbonyl (C=O) groups is 20. The topological polar surface area (TPSA) is 845 Å². The average molecular weight is 2010 g/mol. The van der Waals surface area contributed by atoms with Crippen LogP contribution in [-0.2, 0) is 122 Å². The number of carboxylic acid groups (broad SMARTS) is 4. The SMILES string of the molecule is C[C@H](NC(=O)[C@H](CC(=O)O)NC(=O)[C@H](CC(=O)O)NC(=O)[C@H](Cc1c[nH]c2ccccc12)NC(=O)[C@@H](NC(=O)[C@H](Cc1c[nH]c2ccccc12)NC(=O)[C@H](CCC(=O)O)NC(=O)CN)[C@@H](C)O)C(=O)N[C@H](C(=O)N[C@@H](CCCCN)C(=O)N[C@H](C(=O)N[C@@H](Cc1c[nH]c2ccccc12)C(=O)N[C@H](C(=O)N[C@@H](Cc1c[nH]c2ccccc12)C(=O)N[C@H](C(=O)N[C@@H](CCC(=O)O)C(N)=O)[C@@H](C)O)[C@@H](C)O)[C@@H](C)O)[C@@H](C)O. The number of carbonyl (C=O) groups excluding carboxylic acids is 16. The summed E-state index contributed by atoms with van der Waals surface area (Å²) in [6.45, 7) is 5.71. The number of carboxylic acids is 4. The highest BCUT2D eigenvalue weighted by molar-refractivity contribution is 6.04. The molecule has 0 fully saturated rings. The quantitative estimate of drug-likeness (QED) is 0.0158. The third-order valence-corrected chi connectivity index (χ3v) is 23.4. The Hall–Kier alpha value is -15.8. The van der Waals surface area contributed by atoms with Gasteiger partial charge in [0.15, 0.2) is 0 Å². The predicted molar refractivity (Wildman–Crippen MR) is 510 cm³/mol. The van der Waals surface area contributed by atoms with Crippen LogP contribution in [0, 0.1) is 0 Å². The van der Waals surface area contributed by atoms with E-state index in [1.807, 2.05) is 0 Å². The number of unbranched alkanes of at least 4 members (excludes halogenated alkanes) is 1. The Morgan fingerprint density at radius 2 is 0.521 bits per heavy atom. The lowest BCUT2D eigenvalue weighted by Crippen LogP contribution is -2.64. The first-order chi connectivity index (χ1) is 68.2. The van der Waals surface area contributed by atoms with Crippen LogP contribution < -0.4 is 97.0 Å². The summed E-state index contributed by atoms with van der Waals surface area (Å²) in [5, 5.41) is 132. The first-order valence-electron chi connectivity index (χ1n) is 45.9. The third-order valence-electron chi connectivity index (χ3n) is 23.4. The maximum atomic E-state index is 15.0. The standard InChI is InChI=1S/C93H122N22O29/c1-42(101-83(134)67(35-72(126)127)106-85(136)68(36-73(128)129)107-84(135)63(31-48-38-97-56-21-11-7-17-52(48)56)108-92(143)77(46(5)119)114-86(137)64(32-49-39-98-57-22-12-8-18-53(49)57)105-81(132)62(27-29-71(124)125)102-69(121)37-95)80(131)111-74(43(2)116)90(141)104-61(25-15-16-30-94)82(133)112-76(45(4)118)91(142)109-66(34-51-41-100-59-24-14-10-20-55(51)59)88(139)115-78(47(6)120)93(144)110-65(33-50-40-99-58-23-13-9-19-54(50)58)87(138)113-75(44(3)117)89(140)103-60(79(96)130)26-28-70(122)123/h7-14,17-24,38-47,60-68,74-78,97-100,116-120H,15-16,25-37,94-95H2,1-6H3,(H2,96,130)(H,101,134)(H,102,121)(H,103,140)(H,104,141)(H,105,132)(H,106,136)(H,107,135)(H,108,143)(H,109,142)(H,110,144)(H,111,131)(H,112,133)(H,113,138)(H,114,137)(H,115,139)(H,122,123)(H,124,125)(H,126,127)(H,128,129)/t42-,43+,44+,45+,46+,47+,60-,61-,62-,63-,64-,65-,66-,67-,68-,74-,75-,76-,77-,78-/m0/s1. The first kappa shape index (κ1) is 113. The van der Waals surface area contributed by atoms with Gasteiger partial charge in [0.1, 0.15) is 90.6 Å². The zero-order valence-corrected chi connectivity index (χ0v) is 79.1. The molecule has 51 nitrogen and oxygen atoms in total. The Balaban J connectivity index is 0.972. The van der Waals surface area contributed by atoms with Crippen LogP contribution in [0.15, 0.2) is 122 Å². The van der Waals surface area contributed by atoms with Gasteiger partial charge >= 0.3 is 23.9 Å². The van der Waals surface area contributed by atoms with Crippen LogP contribution in [0.1, 0.15) is 122 Å². The summed E-state index contributed by atoms with van der Waals surface area (Å²) in [5.41, 5.74) is 20.4. The smallest absolute Gasteiger partial charge is 0.305 e. The van der Waals surface area contributed by atoms with E-state index in [4.69, 9.17) is 17.2 Å². The van der Waals surface area contributed by atoms with Gasteiger partial charge in [-0.3, -0.25) is 95.9 Å². The zero-order chi connectivity index (χ0) is 106. The first-order valence-corrected chi connectivity index (χ1v) is 45.9. The summed E-state index contributed by atoms with van der Waals surface area (Å²) < 4.78 is 0. The van der Waals surface area contributed by atoms with Gasteiger partial charge in [-0.2, -0.15) is 0 Å². The van der Waals surface area contributed by atoms with Crippen LogP contribution in [0.25, 0.3) is 43.6 Å². The second kappa shape index (κ2) is 53.7. The van der Waals surface area contributed by atoms with Gasteiger partial charge in [0, 0.05) is 107 Å². The van der Waals surface area contributed by atoms with Gasteiger partial charge < -0.3 is 163 Å². The second-order valence-corrected chi connectivity index (χ2v) is 34.7. The van der Waals surface area contributed by atoms with Gasteiger partial charge in [0.05, 0.1) is 49.9 Å². The van der Waals surface area contributed by atoms with E-state index in [0.717, 1.165) is 41.5 Å². The lowest BCUT2D eigenvalue weighted by Gasteiger charge is -2.30. The normalized spacial score (nSPS) is 15.5. The molecule has 778 valence electrons. The number of rotatable bonds is 58. The van der Waals surface area contributed by atoms with Crippen LogP contribution in [0.4, 0.5) is 0 Å². The number of aliphatic carboxylic acids is 4. The van der Waals surface area contributed by atoms with E-state index < -0.39 is 297 Å². The van der Waals surface area contributed by atoms with E-state index in [1.165, 1.54) is 24.8 Å². The lowest BCUT2D eigenvalue weighted by atomic mass is 10.0. The van der Waals surface area contributed by atoms with Gasteiger partial charge in [-0.25, -0.2) is 0 Å². The molecule has 0 radical (unpaired) electrons. The van der Waals surface area contributed by atoms with Crippen molar-refractivity contribution in [3.8, 4) is 0 Å². The molecule has 0 aliphatic rings. The van der Waals surface area contributed by atoms with Gasteiger partial charge in [-0.1, -0.05) is 72.8 Å². The Kier molecular flexibility index (Phi) is 42.3. The largest absolute Gasteiger partial charge is 0.481 e. The Morgan fingerprint density at radius 3 is 0.812 bits per heavy atom. The molecular formula is C93H122N22O29. The number of benzene rings is 4. The number of fused-ring (bicyclic) bond motifs is 4. The van der Waals surface area contributed by atoms with Crippen molar-refractivity contribution in [1.82, 2.24) is 99.7 Å². The van der Waals surface area contributed by atoms with Crippen molar-refractivity contribution >= 4 is 162 Å². The van der Waals surface area contributed by atoms with Gasteiger partial charge in [-0.15, -0.1) is 0 Å². The molecule has 4 aromatic carbocycles. The van der Waals surface area contributed by atoms with Crippen LogP contribution in [0.5, 0.6) is 0 Å². The summed E-state index contributed by atoms with van der Waals surface area (Å²) in [7, 11) is 0. The van der Waals surface area contributed by atoms with Crippen molar-refractivity contribution in [3.63, 3.8) is 0 Å². The fraction of sp³-hybridized carbons (Fsp3) is 0.441. The summed E-state index contributed by atoms with van der Waals surface area (Å²) in [5.74, 6) is -26.2. The Bertz CT molecular complexity index is 5970. The molecular weight excluding hydrogens is 1890 g/mol. The zero-order valence-electron chi connectivity index (χ0n) is 79.1. The number of hydrogen-bond donors (Lipinski definition) is 31. The van der Waals surface area contributed by atoms with Crippen molar-refractivity contribution in [3.05, 3.63) is 144 Å². The Labute approximate surface area is 820 Å². The molecule has 51 heteroatoms. The minimum atomic E-state index is -2.27. The van der Waals surface area contributed by atoms with Crippen molar-refractivity contribution < 1.29 is 142 Å². The molecule has 8 aromatic rings. The molecule has 144 heavy (non-hydrogen) atoms. The monoisotopic (exact) mass is 2010 g/mol. The van der Waals surface area contributed by atoms with Crippen LogP contribution in [0.3, 0.4) is 0 Å². The van der Waals surface area contributed by atoms with Crippen molar-refractivity contribution in [2.45, 2.75) is 246 Å². The maximum Gasteiger partial charge on any atom is 0.305 e. The molecule has 0 saturated heterocycles. The van der Waals surface area contributed by atoms with Gasteiger partial charge in [0.2, 0.25) is 94.5 Å². The van der Waals surface area contributed by atoms with Crippen molar-refractivity contribution in [2.75, 3.05) is 13.1 Å². The number of primary amides is 1. The number of H-pyrrole nitrogens is 4. The fourth-order valence-electron chi connectivity index (χ4n) is 15.6. The van der Waals surface area contributed by atoms with Crippen molar-refractivity contribution in [2.24, 2.45) is 17.2 Å². The number of aliphatic hydroxyl groups is 5. The molecule has 4 heterocycles. The molecule has 16 amide bonds. The number of hydrogen-bond acceptors (Lipinski definition) is 27.